The molecular weight excluding hydrogens is 324 g/mol. The van der Waals surface area contributed by atoms with Crippen LogP contribution in [0, 0.1) is 0 Å². The minimum Gasteiger partial charge on any atom is -0.489 e. The first kappa shape index (κ1) is 18.1. The fourth-order valence-electron chi connectivity index (χ4n) is 2.73. The number of nitrogens with one attached hydrogen (secondary N) is 1. The standard InChI is InChI=1S/C22H24N2O2/c1-17(19-10-12-23-13-11-19)24-15-22(25)20-8-5-9-21(14-20)26-16-18-6-3-2-4-7-18/h2-14,17,22,24-25H,15-16H2,1H3. The lowest BCUT2D eigenvalue weighted by Gasteiger charge is -2.18. The third kappa shape index (κ3) is 5.15. The molecule has 2 atom stereocenters. The van der Waals surface area contributed by atoms with Gasteiger partial charge < -0.3 is 15.2 Å². The fourth-order valence-corrected chi connectivity index (χ4v) is 2.73. The summed E-state index contributed by atoms with van der Waals surface area (Å²) in [6, 6.07) is 21.8. The Morgan fingerprint density at radius 1 is 0.962 bits per heavy atom. The normalized spacial score (nSPS) is 13.2. The van der Waals surface area contributed by atoms with Crippen molar-refractivity contribution in [2.24, 2.45) is 0 Å². The minimum absolute atomic E-state index is 0.144. The highest BCUT2D eigenvalue weighted by atomic mass is 16.5. The Labute approximate surface area is 154 Å². The summed E-state index contributed by atoms with van der Waals surface area (Å²) in [6.07, 6.45) is 2.95. The van der Waals surface area contributed by atoms with Gasteiger partial charge in [-0.1, -0.05) is 42.5 Å². The van der Waals surface area contributed by atoms with Gasteiger partial charge in [0.1, 0.15) is 12.4 Å². The number of aromatic nitrogens is 1. The van der Waals surface area contributed by atoms with Crippen LogP contribution in [-0.4, -0.2) is 16.6 Å². The SMILES string of the molecule is CC(NCC(O)c1cccc(OCc2ccccc2)c1)c1ccncc1. The van der Waals surface area contributed by atoms with E-state index in [4.69, 9.17) is 4.74 Å². The molecule has 2 unspecified atom stereocenters. The van der Waals surface area contributed by atoms with Crippen LogP contribution in [0.2, 0.25) is 0 Å². The Balaban J connectivity index is 1.55. The average Bonchev–Trinajstić information content (AvgIpc) is 2.72. The van der Waals surface area contributed by atoms with Crippen LogP contribution >= 0.6 is 0 Å². The molecule has 1 heterocycles. The summed E-state index contributed by atoms with van der Waals surface area (Å²) >= 11 is 0. The number of hydrogen-bond donors (Lipinski definition) is 2. The van der Waals surface area contributed by atoms with Crippen molar-refractivity contribution in [3.8, 4) is 5.75 Å². The Bertz CT molecular complexity index is 794. The van der Waals surface area contributed by atoms with Gasteiger partial charge in [-0.2, -0.15) is 0 Å². The monoisotopic (exact) mass is 348 g/mol. The second-order valence-corrected chi connectivity index (χ2v) is 6.27. The smallest absolute Gasteiger partial charge is 0.120 e. The molecule has 134 valence electrons. The van der Waals surface area contributed by atoms with Gasteiger partial charge in [-0.25, -0.2) is 0 Å². The Hall–Kier alpha value is -2.69. The van der Waals surface area contributed by atoms with Gasteiger partial charge in [-0.15, -0.1) is 0 Å². The Morgan fingerprint density at radius 2 is 1.73 bits per heavy atom. The van der Waals surface area contributed by atoms with Crippen molar-refractivity contribution in [2.75, 3.05) is 6.54 Å². The molecule has 2 N–H and O–H groups in total. The third-order valence-electron chi connectivity index (χ3n) is 4.31. The van der Waals surface area contributed by atoms with Gasteiger partial charge in [0.2, 0.25) is 0 Å². The number of rotatable bonds is 8. The summed E-state index contributed by atoms with van der Waals surface area (Å²) in [4.78, 5) is 4.03. The largest absolute Gasteiger partial charge is 0.489 e. The number of aliphatic hydroxyl groups is 1. The van der Waals surface area contributed by atoms with E-state index in [1.807, 2.05) is 66.7 Å². The van der Waals surface area contributed by atoms with E-state index >= 15 is 0 Å². The maximum absolute atomic E-state index is 10.5. The highest BCUT2D eigenvalue weighted by molar-refractivity contribution is 5.30. The van der Waals surface area contributed by atoms with Crippen molar-refractivity contribution in [3.63, 3.8) is 0 Å². The van der Waals surface area contributed by atoms with E-state index in [9.17, 15) is 5.11 Å². The van der Waals surface area contributed by atoms with Crippen LogP contribution in [0.15, 0.2) is 79.1 Å². The summed E-state index contributed by atoms with van der Waals surface area (Å²) in [5.74, 6) is 0.757. The second kappa shape index (κ2) is 9.13. The molecule has 3 aromatic rings. The molecule has 4 nitrogen and oxygen atoms in total. The van der Waals surface area contributed by atoms with E-state index in [0.29, 0.717) is 13.2 Å². The van der Waals surface area contributed by atoms with Crippen molar-refractivity contribution in [1.29, 1.82) is 0 Å². The summed E-state index contributed by atoms with van der Waals surface area (Å²) in [7, 11) is 0. The highest BCUT2D eigenvalue weighted by Crippen LogP contribution is 2.21. The predicted molar refractivity (Wildman–Crippen MR) is 103 cm³/mol. The maximum atomic E-state index is 10.5. The molecule has 1 aromatic heterocycles. The first-order valence-corrected chi connectivity index (χ1v) is 8.80. The quantitative estimate of drug-likeness (QED) is 0.645. The molecule has 4 heteroatoms. The van der Waals surface area contributed by atoms with E-state index in [2.05, 4.69) is 17.2 Å². The van der Waals surface area contributed by atoms with E-state index in [-0.39, 0.29) is 6.04 Å². The minimum atomic E-state index is -0.598. The zero-order valence-corrected chi connectivity index (χ0v) is 14.9. The van der Waals surface area contributed by atoms with Gasteiger partial charge >= 0.3 is 0 Å². The molecule has 0 saturated heterocycles. The number of nitrogens with zero attached hydrogens (tertiary/aromatic N) is 1. The first-order chi connectivity index (χ1) is 12.7. The molecule has 0 fully saturated rings. The van der Waals surface area contributed by atoms with Crippen molar-refractivity contribution < 1.29 is 9.84 Å². The zero-order valence-electron chi connectivity index (χ0n) is 14.9. The molecule has 3 rings (SSSR count). The molecule has 0 spiro atoms. The topological polar surface area (TPSA) is 54.4 Å². The third-order valence-corrected chi connectivity index (χ3v) is 4.31. The summed E-state index contributed by atoms with van der Waals surface area (Å²) in [5.41, 5.74) is 3.10. The number of ether oxygens (including phenoxy) is 1. The van der Waals surface area contributed by atoms with Crippen LogP contribution in [0.25, 0.3) is 0 Å². The van der Waals surface area contributed by atoms with Crippen LogP contribution in [-0.2, 0) is 6.61 Å². The van der Waals surface area contributed by atoms with Gasteiger partial charge in [0.05, 0.1) is 6.10 Å². The molecule has 2 aromatic carbocycles. The molecule has 0 aliphatic carbocycles. The van der Waals surface area contributed by atoms with Crippen LogP contribution in [0.3, 0.4) is 0 Å². The molecule has 0 bridgehead atoms. The van der Waals surface area contributed by atoms with Crippen molar-refractivity contribution in [3.05, 3.63) is 95.8 Å². The number of aliphatic hydroxyl groups excluding tert-OH is 1. The van der Waals surface area contributed by atoms with Gasteiger partial charge in [0.25, 0.3) is 0 Å². The van der Waals surface area contributed by atoms with Crippen LogP contribution in [0.4, 0.5) is 0 Å². The molecule has 0 radical (unpaired) electrons. The van der Waals surface area contributed by atoms with E-state index in [0.717, 1.165) is 22.4 Å². The Kier molecular flexibility index (Phi) is 6.36. The zero-order chi connectivity index (χ0) is 18.2. The van der Waals surface area contributed by atoms with Crippen LogP contribution in [0.5, 0.6) is 5.75 Å². The number of hydrogen-bond acceptors (Lipinski definition) is 4. The molecule has 26 heavy (non-hydrogen) atoms. The van der Waals surface area contributed by atoms with E-state index in [1.165, 1.54) is 0 Å². The lowest BCUT2D eigenvalue weighted by Crippen LogP contribution is -2.24. The molecular formula is C22H24N2O2. The molecule has 0 amide bonds. The number of benzene rings is 2. The average molecular weight is 348 g/mol. The van der Waals surface area contributed by atoms with Gasteiger partial charge in [-0.05, 0) is 47.9 Å². The highest BCUT2D eigenvalue weighted by Gasteiger charge is 2.11. The molecule has 0 aliphatic rings. The second-order valence-electron chi connectivity index (χ2n) is 6.27. The lowest BCUT2D eigenvalue weighted by atomic mass is 10.1. The lowest BCUT2D eigenvalue weighted by molar-refractivity contribution is 0.170. The van der Waals surface area contributed by atoms with Gasteiger partial charge in [0, 0.05) is 25.0 Å². The van der Waals surface area contributed by atoms with Crippen molar-refractivity contribution >= 4 is 0 Å². The molecule has 0 saturated carbocycles. The fraction of sp³-hybridized carbons (Fsp3) is 0.227. The van der Waals surface area contributed by atoms with Gasteiger partial charge in [0.15, 0.2) is 0 Å². The summed E-state index contributed by atoms with van der Waals surface area (Å²) in [5, 5.41) is 13.9. The van der Waals surface area contributed by atoms with Crippen molar-refractivity contribution in [1.82, 2.24) is 10.3 Å². The van der Waals surface area contributed by atoms with Crippen LogP contribution in [0.1, 0.15) is 35.8 Å². The van der Waals surface area contributed by atoms with Crippen molar-refractivity contribution in [2.45, 2.75) is 25.7 Å². The van der Waals surface area contributed by atoms with E-state index < -0.39 is 6.10 Å². The number of pyridine rings is 1. The first-order valence-electron chi connectivity index (χ1n) is 8.80. The predicted octanol–water partition coefficient (Wildman–Crippen LogP) is 4.04. The summed E-state index contributed by atoms with van der Waals surface area (Å²) < 4.78 is 5.84. The Morgan fingerprint density at radius 3 is 2.50 bits per heavy atom. The van der Waals surface area contributed by atoms with Crippen LogP contribution < -0.4 is 10.1 Å². The van der Waals surface area contributed by atoms with Gasteiger partial charge in [-0.3, -0.25) is 4.98 Å². The maximum Gasteiger partial charge on any atom is 0.120 e. The van der Waals surface area contributed by atoms with E-state index in [1.54, 1.807) is 12.4 Å². The molecule has 0 aliphatic heterocycles. The summed E-state index contributed by atoms with van der Waals surface area (Å²) in [6.45, 7) is 3.05.